The molecular weight excluding hydrogens is 258 g/mol. The summed E-state index contributed by atoms with van der Waals surface area (Å²) >= 11 is 0. The van der Waals surface area contributed by atoms with Crippen molar-refractivity contribution in [2.45, 2.75) is 71.3 Å². The van der Waals surface area contributed by atoms with Crippen LogP contribution in [0.1, 0.15) is 44.6 Å². The molecule has 1 fully saturated rings. The van der Waals surface area contributed by atoms with Crippen LogP contribution in [0.2, 0.25) is 19.6 Å². The zero-order valence-electron chi connectivity index (χ0n) is 13.7. The molecule has 1 aromatic rings. The molecule has 0 radical (unpaired) electrons. The van der Waals surface area contributed by atoms with Gasteiger partial charge in [-0.15, -0.1) is 0 Å². The van der Waals surface area contributed by atoms with Gasteiger partial charge in [0.25, 0.3) is 0 Å². The Balaban J connectivity index is 1.84. The van der Waals surface area contributed by atoms with E-state index < -0.39 is 8.07 Å². The van der Waals surface area contributed by atoms with Crippen molar-refractivity contribution in [3.05, 3.63) is 29.8 Å². The van der Waals surface area contributed by atoms with E-state index in [4.69, 9.17) is 0 Å². The molecule has 1 aliphatic carbocycles. The first-order valence-electron chi connectivity index (χ1n) is 8.29. The third-order valence-corrected chi connectivity index (χ3v) is 6.87. The van der Waals surface area contributed by atoms with Gasteiger partial charge < -0.3 is 5.32 Å². The van der Waals surface area contributed by atoms with Crippen LogP contribution in [0.5, 0.6) is 0 Å². The zero-order valence-corrected chi connectivity index (χ0v) is 14.7. The molecule has 0 aliphatic heterocycles. The van der Waals surface area contributed by atoms with E-state index in [9.17, 15) is 0 Å². The van der Waals surface area contributed by atoms with Gasteiger partial charge in [-0.25, -0.2) is 0 Å². The highest BCUT2D eigenvalue weighted by molar-refractivity contribution is 6.88. The van der Waals surface area contributed by atoms with E-state index in [0.717, 1.165) is 12.5 Å². The number of rotatable bonds is 5. The molecule has 1 saturated carbocycles. The van der Waals surface area contributed by atoms with Crippen molar-refractivity contribution in [2.24, 2.45) is 5.92 Å². The first kappa shape index (κ1) is 15.8. The lowest BCUT2D eigenvalue weighted by Gasteiger charge is -2.28. The molecule has 1 aromatic carbocycles. The van der Waals surface area contributed by atoms with Crippen LogP contribution in [0, 0.1) is 5.92 Å². The highest BCUT2D eigenvalue weighted by Gasteiger charge is 2.19. The van der Waals surface area contributed by atoms with Gasteiger partial charge in [-0.05, 0) is 31.2 Å². The molecule has 0 amide bonds. The minimum absolute atomic E-state index is 0.659. The normalized spacial score (nSPS) is 19.0. The first-order chi connectivity index (χ1) is 9.47. The van der Waals surface area contributed by atoms with Crippen LogP contribution < -0.4 is 10.5 Å². The van der Waals surface area contributed by atoms with Crippen molar-refractivity contribution in [1.82, 2.24) is 5.32 Å². The molecular formula is C18H31NSi. The van der Waals surface area contributed by atoms with Crippen LogP contribution in [0.3, 0.4) is 0 Å². The second-order valence-corrected chi connectivity index (χ2v) is 12.6. The minimum atomic E-state index is -1.15. The molecule has 1 nitrogen and oxygen atoms in total. The van der Waals surface area contributed by atoms with E-state index in [1.165, 1.54) is 37.7 Å². The van der Waals surface area contributed by atoms with Crippen molar-refractivity contribution >= 4 is 13.3 Å². The summed E-state index contributed by atoms with van der Waals surface area (Å²) in [6, 6.07) is 9.97. The summed E-state index contributed by atoms with van der Waals surface area (Å²) < 4.78 is 0. The molecule has 0 heterocycles. The quantitative estimate of drug-likeness (QED) is 0.797. The van der Waals surface area contributed by atoms with Crippen LogP contribution in [0.25, 0.3) is 0 Å². The average Bonchev–Trinajstić information content (AvgIpc) is 2.45. The highest BCUT2D eigenvalue weighted by atomic mass is 28.3. The van der Waals surface area contributed by atoms with Crippen molar-refractivity contribution < 1.29 is 0 Å². The smallest absolute Gasteiger partial charge is 0.0775 e. The molecule has 1 N–H and O–H groups in total. The van der Waals surface area contributed by atoms with E-state index in [-0.39, 0.29) is 0 Å². The predicted molar refractivity (Wildman–Crippen MR) is 92.3 cm³/mol. The standard InChI is InChI=1S/C18H31NSi/c1-15(17-8-6-5-7-9-17)19-14-16-10-12-18(13-11-16)20(2,3)4/h10-13,15,17,19H,5-9,14H2,1-4H3/t15-/m1/s1. The number of benzene rings is 1. The van der Waals surface area contributed by atoms with Gasteiger partial charge in [-0.1, -0.05) is 68.4 Å². The predicted octanol–water partition coefficient (Wildman–Crippen LogP) is 4.29. The van der Waals surface area contributed by atoms with Crippen LogP contribution in [0.4, 0.5) is 0 Å². The van der Waals surface area contributed by atoms with Crippen LogP contribution >= 0.6 is 0 Å². The lowest BCUT2D eigenvalue weighted by atomic mass is 9.84. The first-order valence-corrected chi connectivity index (χ1v) is 11.8. The molecule has 112 valence electrons. The summed E-state index contributed by atoms with van der Waals surface area (Å²) in [6.45, 7) is 10.6. The lowest BCUT2D eigenvalue weighted by Crippen LogP contribution is -2.37. The van der Waals surface area contributed by atoms with Crippen LogP contribution in [-0.2, 0) is 6.54 Å². The van der Waals surface area contributed by atoms with Gasteiger partial charge in [0.2, 0.25) is 0 Å². The Bertz CT molecular complexity index is 398. The number of hydrogen-bond acceptors (Lipinski definition) is 1. The van der Waals surface area contributed by atoms with Gasteiger partial charge in [-0.2, -0.15) is 0 Å². The Morgan fingerprint density at radius 2 is 1.65 bits per heavy atom. The van der Waals surface area contributed by atoms with Gasteiger partial charge in [0, 0.05) is 12.6 Å². The van der Waals surface area contributed by atoms with Gasteiger partial charge >= 0.3 is 0 Å². The summed E-state index contributed by atoms with van der Waals surface area (Å²) in [5, 5.41) is 5.30. The summed E-state index contributed by atoms with van der Waals surface area (Å²) in [5.41, 5.74) is 1.43. The molecule has 0 unspecified atom stereocenters. The fourth-order valence-electron chi connectivity index (χ4n) is 3.20. The molecule has 1 aliphatic rings. The number of nitrogens with one attached hydrogen (secondary N) is 1. The SMILES string of the molecule is C[C@@H](NCc1ccc([Si](C)(C)C)cc1)C1CCCCC1. The Morgan fingerprint density at radius 1 is 1.05 bits per heavy atom. The van der Waals surface area contributed by atoms with Crippen molar-refractivity contribution in [3.63, 3.8) is 0 Å². The second-order valence-electron chi connectivity index (χ2n) is 7.51. The van der Waals surface area contributed by atoms with Crippen molar-refractivity contribution in [1.29, 1.82) is 0 Å². The van der Waals surface area contributed by atoms with Crippen LogP contribution in [-0.4, -0.2) is 14.1 Å². The lowest BCUT2D eigenvalue weighted by molar-refractivity contribution is 0.280. The molecule has 0 spiro atoms. The summed E-state index contributed by atoms with van der Waals surface area (Å²) in [7, 11) is -1.15. The van der Waals surface area contributed by atoms with Gasteiger partial charge in [0.05, 0.1) is 8.07 Å². The maximum atomic E-state index is 3.74. The van der Waals surface area contributed by atoms with Crippen molar-refractivity contribution in [3.8, 4) is 0 Å². The topological polar surface area (TPSA) is 12.0 Å². The van der Waals surface area contributed by atoms with E-state index in [1.54, 1.807) is 5.19 Å². The third kappa shape index (κ3) is 4.46. The largest absolute Gasteiger partial charge is 0.310 e. The Morgan fingerprint density at radius 3 is 2.20 bits per heavy atom. The minimum Gasteiger partial charge on any atom is -0.310 e. The molecule has 2 heteroatoms. The monoisotopic (exact) mass is 289 g/mol. The second kappa shape index (κ2) is 6.90. The Hall–Kier alpha value is -0.603. The molecule has 0 aromatic heterocycles. The van der Waals surface area contributed by atoms with Gasteiger partial charge in [-0.3, -0.25) is 0 Å². The average molecular weight is 290 g/mol. The number of hydrogen-bond donors (Lipinski definition) is 1. The summed E-state index contributed by atoms with van der Waals surface area (Å²) in [5.74, 6) is 0.894. The molecule has 1 atom stereocenters. The maximum Gasteiger partial charge on any atom is 0.0775 e. The molecule has 0 bridgehead atoms. The van der Waals surface area contributed by atoms with E-state index in [1.807, 2.05) is 0 Å². The molecule has 20 heavy (non-hydrogen) atoms. The zero-order chi connectivity index (χ0) is 14.6. The molecule has 2 rings (SSSR count). The fraction of sp³-hybridized carbons (Fsp3) is 0.667. The van der Waals surface area contributed by atoms with E-state index in [2.05, 4.69) is 56.1 Å². The van der Waals surface area contributed by atoms with E-state index >= 15 is 0 Å². The highest BCUT2D eigenvalue weighted by Crippen LogP contribution is 2.26. The van der Waals surface area contributed by atoms with Gasteiger partial charge in [0.1, 0.15) is 0 Å². The van der Waals surface area contributed by atoms with Crippen molar-refractivity contribution in [2.75, 3.05) is 0 Å². The molecule has 0 saturated heterocycles. The maximum absolute atomic E-state index is 3.74. The summed E-state index contributed by atoms with van der Waals surface area (Å²) in [4.78, 5) is 0. The Labute approximate surface area is 126 Å². The van der Waals surface area contributed by atoms with Crippen LogP contribution in [0.15, 0.2) is 24.3 Å². The van der Waals surface area contributed by atoms with Gasteiger partial charge in [0.15, 0.2) is 0 Å². The third-order valence-electron chi connectivity index (χ3n) is 4.81. The van der Waals surface area contributed by atoms with E-state index in [0.29, 0.717) is 6.04 Å². The Kier molecular flexibility index (Phi) is 5.45. The summed E-state index contributed by atoms with van der Waals surface area (Å²) in [6.07, 6.45) is 7.15. The fourth-order valence-corrected chi connectivity index (χ4v) is 4.37.